The molecule has 238 valence electrons. The molecule has 0 saturated carbocycles. The number of nitrogens with one attached hydrogen (secondary N) is 1. The van der Waals surface area contributed by atoms with Crippen molar-refractivity contribution in [1.29, 1.82) is 0 Å². The van der Waals surface area contributed by atoms with E-state index >= 15 is 0 Å². The summed E-state index contributed by atoms with van der Waals surface area (Å²) in [4.78, 5) is 32.1. The molecule has 4 aromatic carbocycles. The van der Waals surface area contributed by atoms with Crippen LogP contribution in [0.25, 0.3) is 11.0 Å². The van der Waals surface area contributed by atoms with E-state index in [-0.39, 0.29) is 13.1 Å². The third-order valence-corrected chi connectivity index (χ3v) is 7.51. The molecule has 12 heteroatoms. The first-order chi connectivity index (χ1) is 22.2. The van der Waals surface area contributed by atoms with Gasteiger partial charge in [-0.05, 0) is 71.8 Å². The van der Waals surface area contributed by atoms with Crippen LogP contribution in [0.1, 0.15) is 17.2 Å². The van der Waals surface area contributed by atoms with Crippen LogP contribution in [-0.4, -0.2) is 67.1 Å². The summed E-state index contributed by atoms with van der Waals surface area (Å²) < 4.78 is 32.1. The Labute approximate surface area is 266 Å². The number of carbonyl (C=O) groups excluding carboxylic acids is 2. The van der Waals surface area contributed by atoms with Crippen LogP contribution < -0.4 is 24.4 Å². The number of nitrogens with zero attached hydrogens (tertiary/aromatic N) is 5. The predicted octanol–water partition coefficient (Wildman–Crippen LogP) is 5.07. The first-order valence-electron chi connectivity index (χ1n) is 14.4. The van der Waals surface area contributed by atoms with Crippen molar-refractivity contribution in [2.45, 2.75) is 19.1 Å². The standard InChI is InChI=1S/C34H35FN6O5/c1-39(2)26-16-14-25(15-17-26)36-34(43)32(23-18-29(44-3)33(46-5)30(19-23)45-4)40(20-22-10-12-24(35)13-11-22)31(42)21-41-28-9-7-6-8-27(28)37-38-41/h6-19,32H,20-21H2,1-5H3,(H,36,43)/t32-/m1/s1. The highest BCUT2D eigenvalue weighted by Crippen LogP contribution is 2.41. The van der Waals surface area contributed by atoms with Crippen LogP contribution in [0.3, 0.4) is 0 Å². The van der Waals surface area contributed by atoms with Gasteiger partial charge in [-0.2, -0.15) is 0 Å². The molecule has 46 heavy (non-hydrogen) atoms. The Balaban J connectivity index is 1.62. The minimum atomic E-state index is -1.20. The molecule has 0 aliphatic rings. The minimum absolute atomic E-state index is 0.0277. The predicted molar refractivity (Wildman–Crippen MR) is 173 cm³/mol. The zero-order chi connectivity index (χ0) is 32.8. The quantitative estimate of drug-likeness (QED) is 0.204. The smallest absolute Gasteiger partial charge is 0.251 e. The summed E-state index contributed by atoms with van der Waals surface area (Å²) in [7, 11) is 8.27. The molecule has 1 atom stereocenters. The van der Waals surface area contributed by atoms with Crippen molar-refractivity contribution in [2.75, 3.05) is 45.6 Å². The van der Waals surface area contributed by atoms with Crippen LogP contribution in [0, 0.1) is 5.82 Å². The fraction of sp³-hybridized carbons (Fsp3) is 0.235. The lowest BCUT2D eigenvalue weighted by atomic mass is 10.0. The lowest BCUT2D eigenvalue weighted by Crippen LogP contribution is -2.42. The van der Waals surface area contributed by atoms with Gasteiger partial charge in [0, 0.05) is 32.0 Å². The van der Waals surface area contributed by atoms with Crippen molar-refractivity contribution < 1.29 is 28.2 Å². The zero-order valence-corrected chi connectivity index (χ0v) is 26.2. The van der Waals surface area contributed by atoms with Crippen LogP contribution in [0.15, 0.2) is 84.9 Å². The molecular weight excluding hydrogens is 591 g/mol. The Bertz CT molecular complexity index is 1800. The average Bonchev–Trinajstić information content (AvgIpc) is 3.47. The number of para-hydroxylation sites is 1. The zero-order valence-electron chi connectivity index (χ0n) is 26.2. The maximum atomic E-state index is 14.4. The fourth-order valence-corrected chi connectivity index (χ4v) is 5.15. The van der Waals surface area contributed by atoms with Crippen LogP contribution >= 0.6 is 0 Å². The number of anilines is 2. The van der Waals surface area contributed by atoms with Gasteiger partial charge >= 0.3 is 0 Å². The summed E-state index contributed by atoms with van der Waals surface area (Å²) in [5.41, 5.74) is 3.78. The van der Waals surface area contributed by atoms with E-state index in [2.05, 4.69) is 15.6 Å². The maximum Gasteiger partial charge on any atom is 0.251 e. The first-order valence-corrected chi connectivity index (χ1v) is 14.4. The summed E-state index contributed by atoms with van der Waals surface area (Å²) in [6.45, 7) is -0.243. The number of benzene rings is 4. The molecule has 1 heterocycles. The molecular formula is C34H35FN6O5. The lowest BCUT2D eigenvalue weighted by Gasteiger charge is -2.32. The van der Waals surface area contributed by atoms with Gasteiger partial charge in [0.1, 0.15) is 23.9 Å². The number of aromatic nitrogens is 3. The van der Waals surface area contributed by atoms with Gasteiger partial charge in [-0.15, -0.1) is 5.10 Å². The molecule has 0 radical (unpaired) electrons. The monoisotopic (exact) mass is 626 g/mol. The second-order valence-electron chi connectivity index (χ2n) is 10.7. The molecule has 0 aliphatic heterocycles. The van der Waals surface area contributed by atoms with E-state index in [0.717, 1.165) is 5.69 Å². The van der Waals surface area contributed by atoms with Crippen LogP contribution in [0.5, 0.6) is 17.2 Å². The summed E-state index contributed by atoms with van der Waals surface area (Å²) in [6, 6.07) is 22.4. The fourth-order valence-electron chi connectivity index (χ4n) is 5.15. The van der Waals surface area contributed by atoms with Crippen molar-refractivity contribution >= 4 is 34.2 Å². The van der Waals surface area contributed by atoms with Gasteiger partial charge in [0.2, 0.25) is 11.7 Å². The molecule has 0 fully saturated rings. The molecule has 5 aromatic rings. The molecule has 2 amide bonds. The third-order valence-electron chi connectivity index (χ3n) is 7.51. The summed E-state index contributed by atoms with van der Waals surface area (Å²) in [5.74, 6) is -0.404. The molecule has 0 bridgehead atoms. The number of hydrogen-bond acceptors (Lipinski definition) is 8. The summed E-state index contributed by atoms with van der Waals surface area (Å²) >= 11 is 0. The number of ether oxygens (including phenoxy) is 3. The number of amides is 2. The van der Waals surface area contributed by atoms with E-state index in [1.807, 2.05) is 49.3 Å². The van der Waals surface area contributed by atoms with Gasteiger partial charge in [0.05, 0.1) is 26.8 Å². The van der Waals surface area contributed by atoms with E-state index in [0.29, 0.717) is 45.1 Å². The van der Waals surface area contributed by atoms with Crippen molar-refractivity contribution in [3.63, 3.8) is 0 Å². The van der Waals surface area contributed by atoms with E-state index in [1.54, 1.807) is 42.5 Å². The van der Waals surface area contributed by atoms with Crippen molar-refractivity contribution in [2.24, 2.45) is 0 Å². The van der Waals surface area contributed by atoms with Crippen LogP contribution in [0.2, 0.25) is 0 Å². The topological polar surface area (TPSA) is 111 Å². The molecule has 1 aromatic heterocycles. The number of hydrogen-bond donors (Lipinski definition) is 1. The normalized spacial score (nSPS) is 11.5. The molecule has 0 saturated heterocycles. The van der Waals surface area contributed by atoms with Crippen molar-refractivity contribution in [3.8, 4) is 17.2 Å². The average molecular weight is 627 g/mol. The summed E-state index contributed by atoms with van der Waals surface area (Å²) in [5, 5.41) is 11.3. The second kappa shape index (κ2) is 14.0. The molecule has 0 unspecified atom stereocenters. The third kappa shape index (κ3) is 6.85. The van der Waals surface area contributed by atoms with E-state index in [4.69, 9.17) is 14.2 Å². The molecule has 1 N–H and O–H groups in total. The highest BCUT2D eigenvalue weighted by molar-refractivity contribution is 5.98. The number of methoxy groups -OCH3 is 3. The SMILES string of the molecule is COc1cc([C@H](C(=O)Nc2ccc(N(C)C)cc2)N(Cc2ccc(F)cc2)C(=O)Cn2nnc3ccccc32)cc(OC)c1OC. The molecule has 0 aliphatic carbocycles. The lowest BCUT2D eigenvalue weighted by molar-refractivity contribution is -0.140. The van der Waals surface area contributed by atoms with Crippen molar-refractivity contribution in [3.05, 3.63) is 102 Å². The maximum absolute atomic E-state index is 14.4. The van der Waals surface area contributed by atoms with Crippen LogP contribution in [-0.2, 0) is 22.7 Å². The summed E-state index contributed by atoms with van der Waals surface area (Å²) in [6.07, 6.45) is 0. The largest absolute Gasteiger partial charge is 0.493 e. The van der Waals surface area contributed by atoms with Gasteiger partial charge in [-0.25, -0.2) is 9.07 Å². The number of halogens is 1. The van der Waals surface area contributed by atoms with Gasteiger partial charge in [0.15, 0.2) is 11.5 Å². The number of carbonyl (C=O) groups is 2. The van der Waals surface area contributed by atoms with Gasteiger partial charge in [-0.3, -0.25) is 9.59 Å². The van der Waals surface area contributed by atoms with Crippen LogP contribution in [0.4, 0.5) is 15.8 Å². The molecule has 5 rings (SSSR count). The Morgan fingerprint density at radius 1 is 0.891 bits per heavy atom. The Kier molecular flexibility index (Phi) is 9.65. The van der Waals surface area contributed by atoms with Crippen molar-refractivity contribution in [1.82, 2.24) is 19.9 Å². The number of fused-ring (bicyclic) bond motifs is 1. The van der Waals surface area contributed by atoms with Gasteiger partial charge in [0.25, 0.3) is 5.91 Å². The highest BCUT2D eigenvalue weighted by atomic mass is 19.1. The van der Waals surface area contributed by atoms with E-state index in [1.165, 1.54) is 43.0 Å². The molecule has 11 nitrogen and oxygen atoms in total. The minimum Gasteiger partial charge on any atom is -0.493 e. The first kappa shape index (κ1) is 31.8. The molecule has 0 spiro atoms. The number of rotatable bonds is 12. The Morgan fingerprint density at radius 3 is 2.15 bits per heavy atom. The van der Waals surface area contributed by atoms with Gasteiger partial charge in [-0.1, -0.05) is 29.5 Å². The van der Waals surface area contributed by atoms with Gasteiger partial charge < -0.3 is 29.3 Å². The Hall–Kier alpha value is -5.65. The van der Waals surface area contributed by atoms with E-state index in [9.17, 15) is 14.0 Å². The second-order valence-corrected chi connectivity index (χ2v) is 10.7. The Morgan fingerprint density at radius 2 is 1.54 bits per heavy atom. The highest BCUT2D eigenvalue weighted by Gasteiger charge is 2.34. The van der Waals surface area contributed by atoms with E-state index < -0.39 is 23.7 Å².